The van der Waals surface area contributed by atoms with E-state index in [-0.39, 0.29) is 51.2 Å². The number of halogens is 4. The molecule has 3 aromatic carbocycles. The lowest BCUT2D eigenvalue weighted by molar-refractivity contribution is -0.191. The molecule has 1 unspecified atom stereocenters. The first kappa shape index (κ1) is 28.1. The van der Waals surface area contributed by atoms with Crippen LogP contribution in [0.25, 0.3) is 27.8 Å². The Bertz CT molecular complexity index is 1640. The van der Waals surface area contributed by atoms with E-state index < -0.39 is 43.9 Å². The zero-order valence-electron chi connectivity index (χ0n) is 21.6. The second kappa shape index (κ2) is 10.2. The number of carbonyl (C=O) groups is 1. The molecule has 0 fully saturated rings. The Morgan fingerprint density at radius 3 is 2.45 bits per heavy atom. The van der Waals surface area contributed by atoms with Gasteiger partial charge in [-0.1, -0.05) is 39.1 Å². The highest BCUT2D eigenvalue weighted by Crippen LogP contribution is 2.43. The molecule has 7 nitrogen and oxygen atoms in total. The number of amides is 1. The molecule has 0 bridgehead atoms. The van der Waals surface area contributed by atoms with E-state index in [1.165, 1.54) is 53.1 Å². The van der Waals surface area contributed by atoms with E-state index in [9.17, 15) is 28.2 Å². The molecular weight excluding hydrogens is 548 g/mol. The average molecular weight is 571 g/mol. The van der Waals surface area contributed by atoms with Crippen LogP contribution < -0.4 is 10.0 Å². The lowest BCUT2D eigenvalue weighted by atomic mass is 9.97. The topological polar surface area (TPSA) is 87.8 Å². The number of ether oxygens (including phenoxy) is 1. The van der Waals surface area contributed by atoms with Crippen LogP contribution in [0, 0.1) is 11.6 Å². The molecule has 13 heteroatoms. The number of hydrogen-bond donors (Lipinski definition) is 2. The van der Waals surface area contributed by atoms with Crippen LogP contribution in [0.1, 0.15) is 35.6 Å². The molecule has 2 radical (unpaired) electrons. The number of aliphatic hydroxyl groups is 2. The maximum Gasteiger partial charge on any atom is 0.387 e. The fourth-order valence-corrected chi connectivity index (χ4v) is 5.94. The average Bonchev–Trinajstić information content (AvgIpc) is 3.19. The molecule has 2 heterocycles. The summed E-state index contributed by atoms with van der Waals surface area (Å²) in [5, 5.41) is 21.0. The first-order valence-electron chi connectivity index (χ1n) is 12.2. The van der Waals surface area contributed by atoms with E-state index in [0.717, 1.165) is 0 Å². The normalized spacial score (nSPS) is 15.5. The third-order valence-corrected chi connectivity index (χ3v) is 8.08. The zero-order valence-corrected chi connectivity index (χ0v) is 22.5. The van der Waals surface area contributed by atoms with Gasteiger partial charge in [0.25, 0.3) is 5.91 Å². The van der Waals surface area contributed by atoms with Crippen molar-refractivity contribution in [2.24, 2.45) is 0 Å². The summed E-state index contributed by atoms with van der Waals surface area (Å²) in [6.07, 6.45) is 0.0966. The number of rotatable bonds is 6. The molecule has 206 valence electrons. The Morgan fingerprint density at radius 2 is 1.82 bits per heavy atom. The highest BCUT2D eigenvalue weighted by Gasteiger charge is 2.43. The summed E-state index contributed by atoms with van der Waals surface area (Å²) in [4.78, 5) is 18.8. The highest BCUT2D eigenvalue weighted by molar-refractivity contribution is 7.64. The van der Waals surface area contributed by atoms with Crippen LogP contribution in [0.5, 0.6) is 5.75 Å². The summed E-state index contributed by atoms with van der Waals surface area (Å²) in [5.41, 5.74) is 0.434. The minimum absolute atomic E-state index is 0.0297. The molecule has 5 rings (SSSR count). The largest absolute Gasteiger partial charge is 0.433 e. The highest BCUT2D eigenvalue weighted by atomic mass is 31.1. The van der Waals surface area contributed by atoms with Gasteiger partial charge in [0.1, 0.15) is 11.5 Å². The summed E-state index contributed by atoms with van der Waals surface area (Å²) < 4.78 is 63.1. The minimum Gasteiger partial charge on any atom is -0.433 e. The van der Waals surface area contributed by atoms with Gasteiger partial charge in [-0.15, -0.1) is 0 Å². The molecule has 2 N–H and O–H groups in total. The Balaban J connectivity index is 1.85. The number of benzene rings is 3. The standard InChI is InChI=1S/C27H23BF4N3O4P/c1-4-17-24-33-16-10-8-13(14-9-11-20(40(2)3)22(30)21(14)29)12-18(16)34(24)23-15(25(36)35(17)27(28,37)38)6-5-7-19(23)39-26(31)32/h5-12,17,26,37-38H,4H2,1-3H3. The quantitative estimate of drug-likeness (QED) is 0.153. The molecule has 1 atom stereocenters. The van der Waals surface area contributed by atoms with Crippen molar-refractivity contribution in [1.82, 2.24) is 14.5 Å². The maximum absolute atomic E-state index is 15.2. The molecule has 1 aliphatic rings. The van der Waals surface area contributed by atoms with Crippen LogP contribution in [-0.4, -0.2) is 64.2 Å². The fraction of sp³-hybridized carbons (Fsp3) is 0.259. The molecule has 40 heavy (non-hydrogen) atoms. The van der Waals surface area contributed by atoms with Gasteiger partial charge in [-0.3, -0.25) is 14.3 Å². The SMILES string of the molecule is [B]C(O)(O)N1C(=O)c2cccc(OC(F)F)c2-n2c(nc3ccc(-c4ccc(P(C)C)c(F)c4F)cc32)C1CC. The van der Waals surface area contributed by atoms with Gasteiger partial charge in [-0.25, -0.2) is 13.8 Å². The van der Waals surface area contributed by atoms with Crippen molar-refractivity contribution in [2.45, 2.75) is 31.8 Å². The van der Waals surface area contributed by atoms with Crippen molar-refractivity contribution in [1.29, 1.82) is 0 Å². The van der Waals surface area contributed by atoms with Crippen molar-refractivity contribution in [3.8, 4) is 22.6 Å². The monoisotopic (exact) mass is 571 g/mol. The van der Waals surface area contributed by atoms with Crippen LogP contribution in [0.3, 0.4) is 0 Å². The minimum atomic E-state index is -3.25. The molecule has 0 saturated carbocycles. The second-order valence-corrected chi connectivity index (χ2v) is 11.8. The van der Waals surface area contributed by atoms with E-state index in [4.69, 9.17) is 12.6 Å². The molecule has 0 saturated heterocycles. The van der Waals surface area contributed by atoms with Crippen molar-refractivity contribution >= 4 is 38.0 Å². The number of imidazole rings is 1. The van der Waals surface area contributed by atoms with Gasteiger partial charge >= 0.3 is 6.61 Å². The van der Waals surface area contributed by atoms with E-state index >= 15 is 4.39 Å². The van der Waals surface area contributed by atoms with Gasteiger partial charge in [0, 0.05) is 10.9 Å². The third kappa shape index (κ3) is 4.54. The number of fused-ring (bicyclic) bond motifs is 5. The second-order valence-electron chi connectivity index (χ2n) is 9.48. The molecule has 4 aromatic rings. The van der Waals surface area contributed by atoms with Gasteiger partial charge < -0.3 is 14.9 Å². The number of para-hydroxylation sites is 1. The van der Waals surface area contributed by atoms with Gasteiger partial charge in [-0.05, 0) is 49.6 Å². The smallest absolute Gasteiger partial charge is 0.387 e. The predicted octanol–water partition coefficient (Wildman–Crippen LogP) is 4.61. The van der Waals surface area contributed by atoms with E-state index in [2.05, 4.69) is 4.98 Å². The first-order valence-corrected chi connectivity index (χ1v) is 14.4. The van der Waals surface area contributed by atoms with Gasteiger partial charge in [0.15, 0.2) is 31.0 Å². The first-order chi connectivity index (χ1) is 18.8. The molecule has 0 aliphatic carbocycles. The lowest BCUT2D eigenvalue weighted by Crippen LogP contribution is -2.53. The van der Waals surface area contributed by atoms with Crippen molar-refractivity contribution < 1.29 is 37.3 Å². The Labute approximate surface area is 229 Å². The predicted molar refractivity (Wildman–Crippen MR) is 144 cm³/mol. The summed E-state index contributed by atoms with van der Waals surface area (Å²) >= 11 is 0. The maximum atomic E-state index is 15.2. The van der Waals surface area contributed by atoms with E-state index in [1.54, 1.807) is 20.3 Å². The molecule has 1 aromatic heterocycles. The number of aromatic nitrogens is 2. The van der Waals surface area contributed by atoms with Crippen molar-refractivity contribution in [2.75, 3.05) is 13.3 Å². The summed E-state index contributed by atoms with van der Waals surface area (Å²) in [6, 6.07) is 10.2. The summed E-state index contributed by atoms with van der Waals surface area (Å²) in [7, 11) is 4.68. The lowest BCUT2D eigenvalue weighted by Gasteiger charge is -2.37. The molecule has 0 spiro atoms. The summed E-state index contributed by atoms with van der Waals surface area (Å²) in [5.74, 6) is -6.41. The molecular formula is C27H23BF4N3O4P. The van der Waals surface area contributed by atoms with Crippen molar-refractivity contribution in [3.05, 3.63) is 71.6 Å². The van der Waals surface area contributed by atoms with E-state index in [1.807, 2.05) is 0 Å². The number of carbonyl (C=O) groups excluding carboxylic acids is 1. The fourth-order valence-electron chi connectivity index (χ4n) is 5.07. The Hall–Kier alpha value is -3.47. The van der Waals surface area contributed by atoms with Crippen LogP contribution in [0.4, 0.5) is 17.6 Å². The van der Waals surface area contributed by atoms with Gasteiger partial charge in [-0.2, -0.15) is 8.78 Å². The van der Waals surface area contributed by atoms with Crippen LogP contribution in [0.2, 0.25) is 0 Å². The third-order valence-electron chi connectivity index (χ3n) is 6.77. The number of hydrogen-bond acceptors (Lipinski definition) is 5. The number of alkyl halides is 2. The van der Waals surface area contributed by atoms with Crippen LogP contribution in [0.15, 0.2) is 48.5 Å². The number of nitrogens with zero attached hydrogens (tertiary/aromatic N) is 3. The van der Waals surface area contributed by atoms with Gasteiger partial charge in [0.05, 0.1) is 22.6 Å². The Kier molecular flexibility index (Phi) is 7.14. The van der Waals surface area contributed by atoms with Crippen molar-refractivity contribution in [3.63, 3.8) is 0 Å². The van der Waals surface area contributed by atoms with Crippen LogP contribution >= 0.6 is 7.92 Å². The Morgan fingerprint density at radius 1 is 1.10 bits per heavy atom. The van der Waals surface area contributed by atoms with Gasteiger partial charge in [0.2, 0.25) is 0 Å². The van der Waals surface area contributed by atoms with Crippen LogP contribution in [-0.2, 0) is 0 Å². The zero-order chi connectivity index (χ0) is 29.1. The molecule has 1 aliphatic heterocycles. The summed E-state index contributed by atoms with van der Waals surface area (Å²) in [6.45, 7) is 2.01. The molecule has 1 amide bonds. The van der Waals surface area contributed by atoms with E-state index in [0.29, 0.717) is 10.4 Å².